The zero-order chi connectivity index (χ0) is 15.6. The average molecular weight is 302 g/mol. The third-order valence-corrected chi connectivity index (χ3v) is 8.76. The normalized spacial score (nSPS) is 17.6. The van der Waals surface area contributed by atoms with Crippen LogP contribution in [-0.4, -0.2) is 68.0 Å². The van der Waals surface area contributed by atoms with Gasteiger partial charge in [-0.1, -0.05) is 20.8 Å². The summed E-state index contributed by atoms with van der Waals surface area (Å²) in [5.74, 6) is -0.141. The molecule has 2 amide bonds. The average Bonchev–Trinajstić information content (AvgIpc) is 2.29. The molecule has 0 spiro atoms. The number of carbonyl (C=O) groups is 2. The molecule has 0 aliphatic carbocycles. The van der Waals surface area contributed by atoms with Crippen LogP contribution in [0.25, 0.3) is 0 Å². The molecule has 1 fully saturated rings. The fourth-order valence-corrected chi connectivity index (χ4v) is 2.77. The van der Waals surface area contributed by atoms with Crippen LogP contribution in [0.15, 0.2) is 0 Å². The summed E-state index contributed by atoms with van der Waals surface area (Å²) in [4.78, 5) is 25.5. The van der Waals surface area contributed by atoms with Gasteiger partial charge in [-0.15, -0.1) is 0 Å². The van der Waals surface area contributed by atoms with Gasteiger partial charge in [0.1, 0.15) is 6.54 Å². The van der Waals surface area contributed by atoms with Crippen molar-refractivity contribution in [2.24, 2.45) is 0 Å². The van der Waals surface area contributed by atoms with Crippen LogP contribution in [0.1, 0.15) is 20.8 Å². The third-order valence-electron chi connectivity index (χ3n) is 4.22. The Morgan fingerprint density at radius 3 is 2.40 bits per heavy atom. The van der Waals surface area contributed by atoms with Crippen LogP contribution in [-0.2, 0) is 9.22 Å². The summed E-state index contributed by atoms with van der Waals surface area (Å²) in [6.07, 6.45) is -1.03. The van der Waals surface area contributed by atoms with Crippen LogP contribution in [0, 0.1) is 0 Å². The van der Waals surface area contributed by atoms with Gasteiger partial charge < -0.3 is 14.4 Å². The van der Waals surface area contributed by atoms with E-state index in [-0.39, 0.29) is 17.5 Å². The van der Waals surface area contributed by atoms with Crippen LogP contribution < -0.4 is 0 Å². The highest BCUT2D eigenvalue weighted by Gasteiger charge is 2.37. The van der Waals surface area contributed by atoms with Gasteiger partial charge in [-0.2, -0.15) is 0 Å². The van der Waals surface area contributed by atoms with Crippen molar-refractivity contribution in [3.8, 4) is 0 Å². The van der Waals surface area contributed by atoms with Gasteiger partial charge in [-0.05, 0) is 18.1 Å². The van der Waals surface area contributed by atoms with E-state index in [1.807, 2.05) is 0 Å². The van der Waals surface area contributed by atoms with E-state index in [4.69, 9.17) is 9.53 Å². The predicted molar refractivity (Wildman–Crippen MR) is 79.3 cm³/mol. The van der Waals surface area contributed by atoms with Crippen molar-refractivity contribution in [1.29, 1.82) is 0 Å². The molecule has 1 N–H and O–H groups in total. The summed E-state index contributed by atoms with van der Waals surface area (Å²) in [5.41, 5.74) is 0. The topological polar surface area (TPSA) is 70.1 Å². The van der Waals surface area contributed by atoms with Crippen molar-refractivity contribution in [2.75, 3.05) is 32.8 Å². The minimum atomic E-state index is -1.79. The summed E-state index contributed by atoms with van der Waals surface area (Å²) >= 11 is 0. The van der Waals surface area contributed by atoms with Crippen molar-refractivity contribution in [2.45, 2.75) is 38.9 Å². The first-order valence-corrected chi connectivity index (χ1v) is 9.85. The minimum absolute atomic E-state index is 0.0462. The van der Waals surface area contributed by atoms with Crippen LogP contribution in [0.5, 0.6) is 0 Å². The predicted octanol–water partition coefficient (Wildman–Crippen LogP) is 1.83. The molecule has 1 saturated heterocycles. The van der Waals surface area contributed by atoms with E-state index >= 15 is 0 Å². The second-order valence-corrected chi connectivity index (χ2v) is 11.5. The number of carboxylic acid groups (broad SMARTS) is 1. The summed E-state index contributed by atoms with van der Waals surface area (Å²) in [6, 6.07) is 0. The molecule has 1 rings (SSSR count). The second-order valence-electron chi connectivity index (χ2n) is 6.69. The smallest absolute Gasteiger partial charge is 0.407 e. The van der Waals surface area contributed by atoms with E-state index in [1.54, 1.807) is 4.90 Å². The number of rotatable bonds is 4. The molecule has 0 radical (unpaired) electrons. The number of nitrogens with zero attached hydrogens (tertiary/aromatic N) is 2. The van der Waals surface area contributed by atoms with E-state index < -0.39 is 14.4 Å². The number of piperazine rings is 1. The highest BCUT2D eigenvalue weighted by Crippen LogP contribution is 2.36. The lowest BCUT2D eigenvalue weighted by Crippen LogP contribution is -2.53. The molecular formula is C13H26N2O4Si. The Balaban J connectivity index is 2.41. The second kappa shape index (κ2) is 6.13. The molecule has 6 nitrogen and oxygen atoms in total. The van der Waals surface area contributed by atoms with E-state index in [1.165, 1.54) is 0 Å². The fourth-order valence-electron chi connectivity index (χ4n) is 1.74. The van der Waals surface area contributed by atoms with Crippen LogP contribution in [0.4, 0.5) is 4.79 Å². The van der Waals surface area contributed by atoms with E-state index in [0.29, 0.717) is 26.2 Å². The first-order valence-electron chi connectivity index (χ1n) is 6.94. The SMILES string of the molecule is CC(C)(C)[Si](C)(C)OCCN1CCN(C(=O)O)CC1=O. The Morgan fingerprint density at radius 1 is 1.35 bits per heavy atom. The van der Waals surface area contributed by atoms with Gasteiger partial charge in [0, 0.05) is 19.6 Å². The minimum Gasteiger partial charge on any atom is -0.465 e. The Kier molecular flexibility index (Phi) is 5.20. The van der Waals surface area contributed by atoms with Gasteiger partial charge in [0.25, 0.3) is 0 Å². The quantitative estimate of drug-likeness (QED) is 0.804. The molecule has 0 unspecified atom stereocenters. The molecule has 0 aromatic rings. The maximum Gasteiger partial charge on any atom is 0.407 e. The molecule has 0 aromatic heterocycles. The maximum atomic E-state index is 11.8. The zero-order valence-electron chi connectivity index (χ0n) is 13.1. The molecule has 0 atom stereocenters. The molecule has 116 valence electrons. The lowest BCUT2D eigenvalue weighted by atomic mass is 10.2. The molecule has 20 heavy (non-hydrogen) atoms. The Morgan fingerprint density at radius 2 is 1.95 bits per heavy atom. The van der Waals surface area contributed by atoms with E-state index in [9.17, 15) is 9.59 Å². The molecular weight excluding hydrogens is 276 g/mol. The number of carbonyl (C=O) groups excluding carboxylic acids is 1. The largest absolute Gasteiger partial charge is 0.465 e. The van der Waals surface area contributed by atoms with Gasteiger partial charge >= 0.3 is 6.09 Å². The van der Waals surface area contributed by atoms with Crippen LogP contribution in [0.2, 0.25) is 18.1 Å². The Hall–Kier alpha value is -1.08. The Bertz CT molecular complexity index is 379. The highest BCUT2D eigenvalue weighted by molar-refractivity contribution is 6.74. The molecule has 1 aliphatic rings. The fraction of sp³-hybridized carbons (Fsp3) is 0.846. The first-order chi connectivity index (χ1) is 9.04. The highest BCUT2D eigenvalue weighted by atomic mass is 28.4. The first kappa shape index (κ1) is 17.0. The van der Waals surface area contributed by atoms with Crippen molar-refractivity contribution >= 4 is 20.3 Å². The number of amides is 2. The van der Waals surface area contributed by atoms with Gasteiger partial charge in [0.15, 0.2) is 8.32 Å². The molecule has 0 aromatic carbocycles. The van der Waals surface area contributed by atoms with Crippen LogP contribution >= 0.6 is 0 Å². The number of hydrogen-bond acceptors (Lipinski definition) is 3. The summed E-state index contributed by atoms with van der Waals surface area (Å²) in [6.45, 7) is 12.7. The maximum absolute atomic E-state index is 11.8. The lowest BCUT2D eigenvalue weighted by molar-refractivity contribution is -0.135. The van der Waals surface area contributed by atoms with Gasteiger partial charge in [-0.25, -0.2) is 4.79 Å². The van der Waals surface area contributed by atoms with Crippen LogP contribution in [0.3, 0.4) is 0 Å². The molecule has 0 bridgehead atoms. The standard InChI is InChI=1S/C13H26N2O4Si/c1-13(2,3)20(4,5)19-9-8-14-6-7-15(12(17)18)10-11(14)16/h6-10H2,1-5H3,(H,17,18). The zero-order valence-corrected chi connectivity index (χ0v) is 14.1. The number of hydrogen-bond donors (Lipinski definition) is 1. The summed E-state index contributed by atoms with van der Waals surface area (Å²) in [5, 5.41) is 9.00. The van der Waals surface area contributed by atoms with Crippen molar-refractivity contribution < 1.29 is 19.1 Å². The third kappa shape index (κ3) is 4.21. The van der Waals surface area contributed by atoms with Gasteiger partial charge in [0.2, 0.25) is 5.91 Å². The van der Waals surface area contributed by atoms with Crippen molar-refractivity contribution in [3.05, 3.63) is 0 Å². The van der Waals surface area contributed by atoms with E-state index in [2.05, 4.69) is 33.9 Å². The van der Waals surface area contributed by atoms with Gasteiger partial charge in [-0.3, -0.25) is 9.69 Å². The van der Waals surface area contributed by atoms with E-state index in [0.717, 1.165) is 4.90 Å². The van der Waals surface area contributed by atoms with Crippen molar-refractivity contribution in [1.82, 2.24) is 9.80 Å². The van der Waals surface area contributed by atoms with Gasteiger partial charge in [0.05, 0.1) is 6.61 Å². The summed E-state index contributed by atoms with van der Waals surface area (Å²) < 4.78 is 6.03. The Labute approximate surface area is 121 Å². The molecule has 1 aliphatic heterocycles. The molecule has 0 saturated carbocycles. The molecule has 1 heterocycles. The molecule has 7 heteroatoms. The summed E-state index contributed by atoms with van der Waals surface area (Å²) in [7, 11) is -1.79. The monoisotopic (exact) mass is 302 g/mol. The lowest BCUT2D eigenvalue weighted by Gasteiger charge is -2.38. The van der Waals surface area contributed by atoms with Crippen molar-refractivity contribution in [3.63, 3.8) is 0 Å².